The molecule has 0 saturated carbocycles. The highest BCUT2D eigenvalue weighted by molar-refractivity contribution is 7.99. The molecule has 8 nitrogen and oxygen atoms in total. The van der Waals surface area contributed by atoms with Crippen LogP contribution in [0.5, 0.6) is 0 Å². The second-order valence-electron chi connectivity index (χ2n) is 5.91. The van der Waals surface area contributed by atoms with Gasteiger partial charge in [0.1, 0.15) is 11.5 Å². The Morgan fingerprint density at radius 2 is 1.93 bits per heavy atom. The van der Waals surface area contributed by atoms with Crippen LogP contribution in [0.1, 0.15) is 10.4 Å². The van der Waals surface area contributed by atoms with Crippen molar-refractivity contribution in [2.45, 2.75) is 5.16 Å². The Morgan fingerprint density at radius 1 is 1.17 bits per heavy atom. The van der Waals surface area contributed by atoms with Crippen molar-refractivity contribution >= 4 is 52.4 Å². The quantitative estimate of drug-likeness (QED) is 0.339. The molecule has 2 aromatic carbocycles. The number of aromatic nitrogens is 2. The van der Waals surface area contributed by atoms with Crippen molar-refractivity contribution in [2.75, 3.05) is 22.1 Å². The Kier molecular flexibility index (Phi) is 6.70. The van der Waals surface area contributed by atoms with E-state index in [4.69, 9.17) is 17.3 Å². The second-order valence-corrected chi connectivity index (χ2v) is 7.31. The van der Waals surface area contributed by atoms with Crippen LogP contribution in [-0.2, 0) is 4.79 Å². The number of carbonyl (C=O) groups is 2. The first-order valence-corrected chi connectivity index (χ1v) is 9.83. The molecule has 0 aliphatic heterocycles. The van der Waals surface area contributed by atoms with Gasteiger partial charge in [0, 0.05) is 10.7 Å². The molecular formula is C19H15ClFN5O3S. The monoisotopic (exact) mass is 447 g/mol. The molecule has 30 heavy (non-hydrogen) atoms. The van der Waals surface area contributed by atoms with Crippen LogP contribution in [0.3, 0.4) is 0 Å². The molecule has 0 atom stereocenters. The largest absolute Gasteiger partial charge is 0.382 e. The van der Waals surface area contributed by atoms with Crippen molar-refractivity contribution in [1.82, 2.24) is 9.97 Å². The van der Waals surface area contributed by atoms with E-state index in [-0.39, 0.29) is 33.9 Å². The van der Waals surface area contributed by atoms with E-state index in [1.54, 1.807) is 24.3 Å². The molecule has 3 rings (SSSR count). The van der Waals surface area contributed by atoms with Crippen LogP contribution in [0.25, 0.3) is 0 Å². The van der Waals surface area contributed by atoms with Crippen molar-refractivity contribution in [1.29, 1.82) is 0 Å². The van der Waals surface area contributed by atoms with Gasteiger partial charge in [-0.2, -0.15) is 0 Å². The molecule has 0 aliphatic rings. The zero-order valence-corrected chi connectivity index (χ0v) is 16.8. The number of H-pyrrole nitrogens is 1. The van der Waals surface area contributed by atoms with E-state index in [0.717, 1.165) is 17.8 Å². The fourth-order valence-corrected chi connectivity index (χ4v) is 3.24. The summed E-state index contributed by atoms with van der Waals surface area (Å²) < 4.78 is 13.7. The first-order chi connectivity index (χ1) is 14.3. The number of hydrogen-bond acceptors (Lipinski definition) is 6. The van der Waals surface area contributed by atoms with E-state index >= 15 is 0 Å². The SMILES string of the molecule is Nc1nc(SCC(=O)Nc2cccc(Cl)c2)[nH]c(=O)c1NC(=O)c1ccccc1F. The summed E-state index contributed by atoms with van der Waals surface area (Å²) in [5, 5.41) is 5.47. The van der Waals surface area contributed by atoms with Gasteiger partial charge in [-0.1, -0.05) is 41.6 Å². The van der Waals surface area contributed by atoms with E-state index < -0.39 is 17.3 Å². The summed E-state index contributed by atoms with van der Waals surface area (Å²) in [6, 6.07) is 11.9. The minimum atomic E-state index is -0.839. The summed E-state index contributed by atoms with van der Waals surface area (Å²) in [7, 11) is 0. The third kappa shape index (κ3) is 5.37. The van der Waals surface area contributed by atoms with Gasteiger partial charge in [0.2, 0.25) is 5.91 Å². The van der Waals surface area contributed by atoms with Gasteiger partial charge in [-0.15, -0.1) is 0 Å². The lowest BCUT2D eigenvalue weighted by atomic mass is 10.2. The fourth-order valence-electron chi connectivity index (χ4n) is 2.38. The van der Waals surface area contributed by atoms with Crippen molar-refractivity contribution in [3.8, 4) is 0 Å². The van der Waals surface area contributed by atoms with Crippen LogP contribution in [-0.4, -0.2) is 27.5 Å². The maximum atomic E-state index is 13.7. The van der Waals surface area contributed by atoms with Crippen LogP contribution in [0.15, 0.2) is 58.5 Å². The molecule has 0 bridgehead atoms. The normalized spacial score (nSPS) is 10.5. The minimum absolute atomic E-state index is 0.0597. The second kappa shape index (κ2) is 9.42. The molecular weight excluding hydrogens is 433 g/mol. The van der Waals surface area contributed by atoms with Crippen LogP contribution in [0.4, 0.5) is 21.6 Å². The summed E-state index contributed by atoms with van der Waals surface area (Å²) >= 11 is 6.81. The lowest BCUT2D eigenvalue weighted by Gasteiger charge is -2.09. The van der Waals surface area contributed by atoms with Gasteiger partial charge in [-0.05, 0) is 30.3 Å². The van der Waals surface area contributed by atoms with E-state index in [1.807, 2.05) is 0 Å². The lowest BCUT2D eigenvalue weighted by molar-refractivity contribution is -0.113. The molecule has 0 unspecified atom stereocenters. The number of carbonyl (C=O) groups excluding carboxylic acids is 2. The minimum Gasteiger partial charge on any atom is -0.382 e. The fraction of sp³-hybridized carbons (Fsp3) is 0.0526. The molecule has 5 N–H and O–H groups in total. The zero-order valence-electron chi connectivity index (χ0n) is 15.2. The highest BCUT2D eigenvalue weighted by Crippen LogP contribution is 2.19. The van der Waals surface area contributed by atoms with Crippen LogP contribution in [0.2, 0.25) is 5.02 Å². The van der Waals surface area contributed by atoms with Gasteiger partial charge in [0.15, 0.2) is 11.0 Å². The number of halogens is 2. The van der Waals surface area contributed by atoms with Gasteiger partial charge in [0.05, 0.1) is 11.3 Å². The Bertz CT molecular complexity index is 1170. The summed E-state index contributed by atoms with van der Waals surface area (Å²) in [6.07, 6.45) is 0. The Hall–Kier alpha value is -3.37. The number of nitrogen functional groups attached to an aromatic ring is 1. The topological polar surface area (TPSA) is 130 Å². The molecule has 0 saturated heterocycles. The maximum absolute atomic E-state index is 13.7. The van der Waals surface area contributed by atoms with Gasteiger partial charge in [0.25, 0.3) is 11.5 Å². The van der Waals surface area contributed by atoms with Crippen molar-refractivity contribution in [3.05, 3.63) is 75.3 Å². The number of anilines is 3. The Labute approximate surface area is 179 Å². The van der Waals surface area contributed by atoms with Crippen molar-refractivity contribution < 1.29 is 14.0 Å². The Morgan fingerprint density at radius 3 is 2.63 bits per heavy atom. The molecule has 3 aromatic rings. The predicted octanol–water partition coefficient (Wildman–Crippen LogP) is 3.13. The number of nitrogens with two attached hydrogens (primary N) is 1. The third-order valence-electron chi connectivity index (χ3n) is 3.73. The predicted molar refractivity (Wildman–Crippen MR) is 114 cm³/mol. The van der Waals surface area contributed by atoms with E-state index in [0.29, 0.717) is 10.7 Å². The maximum Gasteiger partial charge on any atom is 0.277 e. The number of hydrogen-bond donors (Lipinski definition) is 4. The summed E-state index contributed by atoms with van der Waals surface area (Å²) in [5.41, 5.74) is 5.01. The summed E-state index contributed by atoms with van der Waals surface area (Å²) in [5.74, 6) is -2.25. The number of thioether (sulfide) groups is 1. The molecule has 0 radical (unpaired) electrons. The number of nitrogens with one attached hydrogen (secondary N) is 3. The molecule has 0 spiro atoms. The van der Waals surface area contributed by atoms with Crippen LogP contribution < -0.4 is 21.9 Å². The van der Waals surface area contributed by atoms with E-state index in [9.17, 15) is 18.8 Å². The third-order valence-corrected chi connectivity index (χ3v) is 4.84. The van der Waals surface area contributed by atoms with Gasteiger partial charge >= 0.3 is 0 Å². The zero-order chi connectivity index (χ0) is 21.7. The lowest BCUT2D eigenvalue weighted by Crippen LogP contribution is -2.24. The first-order valence-electron chi connectivity index (χ1n) is 8.47. The number of amides is 2. The highest BCUT2D eigenvalue weighted by Gasteiger charge is 2.17. The van der Waals surface area contributed by atoms with Crippen LogP contribution in [0, 0.1) is 5.82 Å². The van der Waals surface area contributed by atoms with Crippen LogP contribution >= 0.6 is 23.4 Å². The number of rotatable bonds is 6. The standard InChI is InChI=1S/C19H15ClFN5O3S/c20-10-4-3-5-11(8-10)23-14(27)9-30-19-25-16(22)15(18(29)26-19)24-17(28)12-6-1-2-7-13(12)21/h1-8H,9H2,(H,23,27)(H,24,28)(H3,22,25,26,29). The molecule has 0 aliphatic carbocycles. The highest BCUT2D eigenvalue weighted by atomic mass is 35.5. The van der Waals surface area contributed by atoms with Gasteiger partial charge in [-0.25, -0.2) is 9.37 Å². The van der Waals surface area contributed by atoms with E-state index in [1.165, 1.54) is 18.2 Å². The molecule has 1 aromatic heterocycles. The van der Waals surface area contributed by atoms with Gasteiger partial charge < -0.3 is 16.4 Å². The average Bonchev–Trinajstić information content (AvgIpc) is 2.69. The molecule has 1 heterocycles. The number of benzene rings is 2. The molecule has 11 heteroatoms. The summed E-state index contributed by atoms with van der Waals surface area (Å²) in [4.78, 5) is 42.9. The van der Waals surface area contributed by atoms with E-state index in [2.05, 4.69) is 20.6 Å². The van der Waals surface area contributed by atoms with Gasteiger partial charge in [-0.3, -0.25) is 19.4 Å². The molecule has 2 amide bonds. The number of nitrogens with zero attached hydrogens (tertiary/aromatic N) is 1. The molecule has 154 valence electrons. The van der Waals surface area contributed by atoms with Crippen molar-refractivity contribution in [2.24, 2.45) is 0 Å². The van der Waals surface area contributed by atoms with Crippen molar-refractivity contribution in [3.63, 3.8) is 0 Å². The summed E-state index contributed by atoms with van der Waals surface area (Å²) in [6.45, 7) is 0. The Balaban J connectivity index is 1.66. The number of aromatic amines is 1. The average molecular weight is 448 g/mol. The smallest absolute Gasteiger partial charge is 0.277 e. The molecule has 0 fully saturated rings. The first kappa shape index (κ1) is 21.3.